The zero-order valence-corrected chi connectivity index (χ0v) is 22.0. The maximum absolute atomic E-state index is 13.3. The highest BCUT2D eigenvalue weighted by atomic mass is 35.5. The molecule has 2 aliphatic rings. The van der Waals surface area contributed by atoms with Gasteiger partial charge in [-0.3, -0.25) is 0 Å². The summed E-state index contributed by atoms with van der Waals surface area (Å²) in [6, 6.07) is 7.75. The van der Waals surface area contributed by atoms with E-state index in [0.29, 0.717) is 23.4 Å². The second-order valence-corrected chi connectivity index (χ2v) is 10.8. The molecule has 3 amide bonds. The van der Waals surface area contributed by atoms with Crippen molar-refractivity contribution in [3.05, 3.63) is 34.9 Å². The average molecular weight is 509 g/mol. The van der Waals surface area contributed by atoms with Crippen molar-refractivity contribution in [1.29, 1.82) is 0 Å². The van der Waals surface area contributed by atoms with Crippen LogP contribution in [0.1, 0.15) is 51.2 Å². The molecular weight excluding hydrogens is 468 g/mol. The molecule has 0 saturated carbocycles. The highest BCUT2D eigenvalue weighted by molar-refractivity contribution is 6.30. The van der Waals surface area contributed by atoms with E-state index in [0.717, 1.165) is 50.9 Å². The van der Waals surface area contributed by atoms with E-state index in [-0.39, 0.29) is 37.2 Å². The van der Waals surface area contributed by atoms with Crippen LogP contribution in [0.15, 0.2) is 24.3 Å². The van der Waals surface area contributed by atoms with Gasteiger partial charge in [0.1, 0.15) is 0 Å². The molecule has 0 radical (unpaired) electrons. The molecule has 2 saturated heterocycles. The summed E-state index contributed by atoms with van der Waals surface area (Å²) in [6.45, 7) is 8.15. The number of rotatable bonds is 9. The van der Waals surface area contributed by atoms with Gasteiger partial charge in [0.2, 0.25) is 0 Å². The fourth-order valence-corrected chi connectivity index (χ4v) is 5.46. The average Bonchev–Trinajstić information content (AvgIpc) is 2.82. The minimum Gasteiger partial charge on any atom is -0.465 e. The molecule has 0 aliphatic carbocycles. The number of halogens is 1. The molecule has 196 valence electrons. The van der Waals surface area contributed by atoms with Gasteiger partial charge in [0.25, 0.3) is 0 Å². The molecule has 2 heterocycles. The van der Waals surface area contributed by atoms with E-state index in [1.165, 1.54) is 11.9 Å². The molecule has 9 heteroatoms. The third-order valence-electron chi connectivity index (χ3n) is 7.11. The number of nitrogens with zero attached hydrogens (tertiary/aromatic N) is 2. The SMILES string of the molecule is CC(C)C[C@@H]1CCNC[C@H]1NC(=O)N1CCC[C@@H](C(OCCN(C)C(=O)O)c2cccc(Cl)c2)C1. The third kappa shape index (κ3) is 8.26. The lowest BCUT2D eigenvalue weighted by Crippen LogP contribution is -2.56. The molecule has 0 aromatic heterocycles. The summed E-state index contributed by atoms with van der Waals surface area (Å²) in [4.78, 5) is 27.6. The van der Waals surface area contributed by atoms with Crippen LogP contribution in [-0.2, 0) is 4.74 Å². The molecule has 1 aromatic carbocycles. The summed E-state index contributed by atoms with van der Waals surface area (Å²) in [5.74, 6) is 1.20. The Morgan fingerprint density at radius 3 is 2.86 bits per heavy atom. The molecule has 8 nitrogen and oxygen atoms in total. The minimum absolute atomic E-state index is 0.00684. The van der Waals surface area contributed by atoms with E-state index >= 15 is 0 Å². The number of benzene rings is 1. The predicted octanol–water partition coefficient (Wildman–Crippen LogP) is 4.45. The molecule has 2 aliphatic heterocycles. The fraction of sp³-hybridized carbons (Fsp3) is 0.692. The largest absolute Gasteiger partial charge is 0.465 e. The number of nitrogens with one attached hydrogen (secondary N) is 2. The van der Waals surface area contributed by atoms with Gasteiger partial charge in [0.15, 0.2) is 0 Å². The van der Waals surface area contributed by atoms with Crippen LogP contribution in [0.4, 0.5) is 9.59 Å². The molecule has 3 rings (SSSR count). The number of piperidine rings is 2. The topological polar surface area (TPSA) is 94.1 Å². The first-order valence-electron chi connectivity index (χ1n) is 12.8. The van der Waals surface area contributed by atoms with Crippen molar-refractivity contribution in [3.63, 3.8) is 0 Å². The van der Waals surface area contributed by atoms with Crippen molar-refractivity contribution in [2.75, 3.05) is 46.4 Å². The van der Waals surface area contributed by atoms with Crippen LogP contribution >= 0.6 is 11.6 Å². The van der Waals surface area contributed by atoms with Crippen molar-refractivity contribution in [1.82, 2.24) is 20.4 Å². The number of carboxylic acid groups (broad SMARTS) is 1. The van der Waals surface area contributed by atoms with Gasteiger partial charge in [-0.05, 0) is 61.8 Å². The lowest BCUT2D eigenvalue weighted by molar-refractivity contribution is -0.0156. The Bertz CT molecular complexity index is 839. The van der Waals surface area contributed by atoms with Crippen LogP contribution in [0.3, 0.4) is 0 Å². The quantitative estimate of drug-likeness (QED) is 0.458. The molecule has 1 aromatic rings. The van der Waals surface area contributed by atoms with Crippen molar-refractivity contribution >= 4 is 23.7 Å². The highest BCUT2D eigenvalue weighted by Gasteiger charge is 2.33. The lowest BCUT2D eigenvalue weighted by atomic mass is 9.85. The number of amides is 3. The molecule has 35 heavy (non-hydrogen) atoms. The van der Waals surface area contributed by atoms with E-state index in [9.17, 15) is 9.59 Å². The summed E-state index contributed by atoms with van der Waals surface area (Å²) >= 11 is 6.27. The van der Waals surface area contributed by atoms with Crippen LogP contribution in [0.2, 0.25) is 5.02 Å². The molecule has 3 N–H and O–H groups in total. The molecule has 0 spiro atoms. The van der Waals surface area contributed by atoms with E-state index in [2.05, 4.69) is 24.5 Å². The molecular formula is C26H41ClN4O4. The van der Waals surface area contributed by atoms with Crippen molar-refractivity contribution < 1.29 is 19.4 Å². The number of likely N-dealkylation sites (tertiary alicyclic amines) is 1. The van der Waals surface area contributed by atoms with E-state index in [4.69, 9.17) is 21.4 Å². The summed E-state index contributed by atoms with van der Waals surface area (Å²) in [5.41, 5.74) is 0.955. The van der Waals surface area contributed by atoms with Crippen molar-refractivity contribution in [2.24, 2.45) is 17.8 Å². The van der Waals surface area contributed by atoms with Gasteiger partial charge in [-0.2, -0.15) is 0 Å². The zero-order valence-electron chi connectivity index (χ0n) is 21.2. The van der Waals surface area contributed by atoms with Gasteiger partial charge < -0.3 is 30.3 Å². The Morgan fingerprint density at radius 2 is 2.14 bits per heavy atom. The predicted molar refractivity (Wildman–Crippen MR) is 138 cm³/mol. The van der Waals surface area contributed by atoms with Crippen LogP contribution in [0.25, 0.3) is 0 Å². The zero-order chi connectivity index (χ0) is 25.4. The molecule has 0 bridgehead atoms. The first-order valence-corrected chi connectivity index (χ1v) is 13.2. The summed E-state index contributed by atoms with van der Waals surface area (Å²) in [7, 11) is 1.53. The first-order chi connectivity index (χ1) is 16.7. The number of hydrogen-bond donors (Lipinski definition) is 3. The smallest absolute Gasteiger partial charge is 0.407 e. The normalized spacial score (nSPS) is 23.7. The number of ether oxygens (including phenoxy) is 1. The second-order valence-electron chi connectivity index (χ2n) is 10.3. The van der Waals surface area contributed by atoms with Gasteiger partial charge in [-0.1, -0.05) is 37.6 Å². The van der Waals surface area contributed by atoms with E-state index in [1.54, 1.807) is 0 Å². The van der Waals surface area contributed by atoms with Gasteiger partial charge in [-0.15, -0.1) is 0 Å². The lowest BCUT2D eigenvalue weighted by Gasteiger charge is -2.39. The van der Waals surface area contributed by atoms with Gasteiger partial charge in [0.05, 0.1) is 12.7 Å². The molecule has 4 atom stereocenters. The molecule has 2 fully saturated rings. The van der Waals surface area contributed by atoms with Gasteiger partial charge >= 0.3 is 12.1 Å². The number of urea groups is 1. The second kappa shape index (κ2) is 13.3. The fourth-order valence-electron chi connectivity index (χ4n) is 5.26. The third-order valence-corrected chi connectivity index (χ3v) is 7.34. The maximum Gasteiger partial charge on any atom is 0.407 e. The minimum atomic E-state index is -0.985. The first kappa shape index (κ1) is 27.6. The van der Waals surface area contributed by atoms with Crippen molar-refractivity contribution in [3.8, 4) is 0 Å². The van der Waals surface area contributed by atoms with Crippen LogP contribution in [0.5, 0.6) is 0 Å². The molecule has 1 unspecified atom stereocenters. The number of likely N-dealkylation sites (N-methyl/N-ethyl adjacent to an activating group) is 1. The van der Waals surface area contributed by atoms with Crippen LogP contribution < -0.4 is 10.6 Å². The standard InChI is InChI=1S/C26H41ClN4O4/c1-18(2)14-19-9-10-28-16-23(19)29-25(32)31-11-5-7-21(17-31)24(20-6-4-8-22(27)15-20)35-13-12-30(3)26(33)34/h4,6,8,15,18-19,21,23-24,28H,5,7,9-14,16-17H2,1-3H3,(H,29,32)(H,33,34)/t19-,21+,23+,24?/m0/s1. The monoisotopic (exact) mass is 508 g/mol. The number of hydrogen-bond acceptors (Lipinski definition) is 4. The number of carbonyl (C=O) groups is 2. The maximum atomic E-state index is 13.3. The highest BCUT2D eigenvalue weighted by Crippen LogP contribution is 2.34. The van der Waals surface area contributed by atoms with Crippen molar-refractivity contribution in [2.45, 2.75) is 51.7 Å². The summed E-state index contributed by atoms with van der Waals surface area (Å²) in [6.07, 6.45) is 2.77. The number of carbonyl (C=O) groups excluding carboxylic acids is 1. The van der Waals surface area contributed by atoms with Crippen LogP contribution in [-0.4, -0.2) is 79.5 Å². The Kier molecular flexibility index (Phi) is 10.5. The van der Waals surface area contributed by atoms with Crippen LogP contribution in [0, 0.1) is 17.8 Å². The summed E-state index contributed by atoms with van der Waals surface area (Å²) < 4.78 is 6.25. The summed E-state index contributed by atoms with van der Waals surface area (Å²) in [5, 5.41) is 16.5. The van der Waals surface area contributed by atoms with E-state index in [1.807, 2.05) is 29.2 Å². The van der Waals surface area contributed by atoms with Gasteiger partial charge in [0, 0.05) is 50.2 Å². The Morgan fingerprint density at radius 1 is 1.34 bits per heavy atom. The van der Waals surface area contributed by atoms with Gasteiger partial charge in [-0.25, -0.2) is 9.59 Å². The Balaban J connectivity index is 1.66. The Hall–Kier alpha value is -2.03. The van der Waals surface area contributed by atoms with E-state index < -0.39 is 6.09 Å². The Labute approximate surface area is 214 Å².